The van der Waals surface area contributed by atoms with Gasteiger partial charge in [0.25, 0.3) is 0 Å². The molecule has 0 radical (unpaired) electrons. The van der Waals surface area contributed by atoms with Gasteiger partial charge in [0.2, 0.25) is 0 Å². The van der Waals surface area contributed by atoms with E-state index in [4.69, 9.17) is 4.74 Å². The largest absolute Gasteiger partial charge is 0.444 e. The Morgan fingerprint density at radius 1 is 1.18 bits per heavy atom. The summed E-state index contributed by atoms with van der Waals surface area (Å²) in [6.07, 6.45) is 8.77. The highest BCUT2D eigenvalue weighted by Gasteiger charge is 2.34. The predicted octanol–water partition coefficient (Wildman–Crippen LogP) is 3.85. The summed E-state index contributed by atoms with van der Waals surface area (Å²) >= 11 is 0. The van der Waals surface area contributed by atoms with Crippen molar-refractivity contribution in [3.63, 3.8) is 0 Å². The summed E-state index contributed by atoms with van der Waals surface area (Å²) in [6, 6.07) is 0.842. The fraction of sp³-hybridized carbons (Fsp3) is 0.944. The standard InChI is InChI=1S/C18H34N2O2/c1-5-13-8-6-7-9-15(13)19-12-16(14-10-11-14)20-17(21)22-18(2,3)4/h13-16,19H,5-12H2,1-4H3,(H,20,21). The molecule has 128 valence electrons. The highest BCUT2D eigenvalue weighted by atomic mass is 16.6. The van der Waals surface area contributed by atoms with Gasteiger partial charge in [-0.05, 0) is 58.3 Å². The number of hydrogen-bond donors (Lipinski definition) is 2. The van der Waals surface area contributed by atoms with Crippen molar-refractivity contribution in [3.05, 3.63) is 0 Å². The molecule has 2 fully saturated rings. The van der Waals surface area contributed by atoms with Crippen molar-refractivity contribution in [3.8, 4) is 0 Å². The van der Waals surface area contributed by atoms with E-state index >= 15 is 0 Å². The minimum Gasteiger partial charge on any atom is -0.444 e. The number of nitrogens with one attached hydrogen (secondary N) is 2. The van der Waals surface area contributed by atoms with Crippen LogP contribution in [0.4, 0.5) is 4.79 Å². The molecule has 2 aliphatic rings. The molecule has 3 unspecified atom stereocenters. The first-order valence-electron chi connectivity index (χ1n) is 9.12. The van der Waals surface area contributed by atoms with E-state index in [1.54, 1.807) is 0 Å². The molecule has 2 N–H and O–H groups in total. The zero-order chi connectivity index (χ0) is 16.2. The number of hydrogen-bond acceptors (Lipinski definition) is 3. The van der Waals surface area contributed by atoms with Gasteiger partial charge in [-0.3, -0.25) is 0 Å². The maximum absolute atomic E-state index is 12.0. The number of carbonyl (C=O) groups excluding carboxylic acids is 1. The van der Waals surface area contributed by atoms with Crippen LogP contribution in [0.1, 0.15) is 72.6 Å². The van der Waals surface area contributed by atoms with Crippen LogP contribution in [0.25, 0.3) is 0 Å². The van der Waals surface area contributed by atoms with Crippen LogP contribution in [0.15, 0.2) is 0 Å². The molecule has 0 aromatic rings. The minimum atomic E-state index is -0.428. The van der Waals surface area contributed by atoms with E-state index in [0.29, 0.717) is 12.0 Å². The van der Waals surface area contributed by atoms with E-state index in [1.165, 1.54) is 44.9 Å². The molecular weight excluding hydrogens is 276 g/mol. The lowest BCUT2D eigenvalue weighted by Crippen LogP contribution is -2.49. The van der Waals surface area contributed by atoms with Crippen LogP contribution in [-0.2, 0) is 4.74 Å². The Morgan fingerprint density at radius 3 is 2.45 bits per heavy atom. The van der Waals surface area contributed by atoms with Crippen molar-refractivity contribution in [1.82, 2.24) is 10.6 Å². The lowest BCUT2D eigenvalue weighted by atomic mass is 9.83. The number of amides is 1. The summed E-state index contributed by atoms with van der Waals surface area (Å²) in [5, 5.41) is 6.83. The maximum atomic E-state index is 12.0. The smallest absolute Gasteiger partial charge is 0.407 e. The van der Waals surface area contributed by atoms with Gasteiger partial charge in [-0.15, -0.1) is 0 Å². The van der Waals surface area contributed by atoms with E-state index in [9.17, 15) is 4.79 Å². The average molecular weight is 310 g/mol. The lowest BCUT2D eigenvalue weighted by molar-refractivity contribution is 0.0495. The molecule has 0 spiro atoms. The lowest BCUT2D eigenvalue weighted by Gasteiger charge is -2.33. The SMILES string of the molecule is CCC1CCCCC1NCC(NC(=O)OC(C)(C)C)C1CC1. The van der Waals surface area contributed by atoms with Gasteiger partial charge in [-0.1, -0.05) is 26.2 Å². The predicted molar refractivity (Wildman–Crippen MR) is 89.9 cm³/mol. The van der Waals surface area contributed by atoms with Crippen LogP contribution < -0.4 is 10.6 Å². The summed E-state index contributed by atoms with van der Waals surface area (Å²) in [5.41, 5.74) is -0.428. The Morgan fingerprint density at radius 2 is 1.86 bits per heavy atom. The minimum absolute atomic E-state index is 0.217. The van der Waals surface area contributed by atoms with E-state index in [1.807, 2.05) is 20.8 Å². The molecule has 0 aromatic carbocycles. The fourth-order valence-corrected chi connectivity index (χ4v) is 3.54. The van der Waals surface area contributed by atoms with Crippen molar-refractivity contribution >= 4 is 6.09 Å². The van der Waals surface area contributed by atoms with E-state index < -0.39 is 5.60 Å². The van der Waals surface area contributed by atoms with Crippen LogP contribution in [0, 0.1) is 11.8 Å². The van der Waals surface area contributed by atoms with Crippen molar-refractivity contribution in [2.24, 2.45) is 11.8 Å². The summed E-state index contributed by atoms with van der Waals surface area (Å²) < 4.78 is 5.40. The molecule has 4 nitrogen and oxygen atoms in total. The highest BCUT2D eigenvalue weighted by molar-refractivity contribution is 5.68. The van der Waals surface area contributed by atoms with Crippen LogP contribution in [0.5, 0.6) is 0 Å². The molecule has 0 saturated heterocycles. The van der Waals surface area contributed by atoms with Gasteiger partial charge in [-0.2, -0.15) is 0 Å². The Labute approximate surface area is 135 Å². The van der Waals surface area contributed by atoms with Gasteiger partial charge in [0.05, 0.1) is 0 Å². The molecule has 2 saturated carbocycles. The second-order valence-corrected chi connectivity index (χ2v) is 8.06. The Kier molecular flexibility index (Phi) is 6.13. The Hall–Kier alpha value is -0.770. The first-order chi connectivity index (χ1) is 10.4. The number of carbonyl (C=O) groups is 1. The average Bonchev–Trinajstić information content (AvgIpc) is 3.26. The zero-order valence-electron chi connectivity index (χ0n) is 14.8. The fourth-order valence-electron chi connectivity index (χ4n) is 3.54. The monoisotopic (exact) mass is 310 g/mol. The summed E-state index contributed by atoms with van der Waals surface area (Å²) in [5.74, 6) is 1.43. The number of rotatable bonds is 6. The van der Waals surface area contributed by atoms with Crippen molar-refractivity contribution in [2.75, 3.05) is 6.54 Å². The van der Waals surface area contributed by atoms with Gasteiger partial charge in [0, 0.05) is 18.6 Å². The van der Waals surface area contributed by atoms with Gasteiger partial charge < -0.3 is 15.4 Å². The maximum Gasteiger partial charge on any atom is 0.407 e. The van der Waals surface area contributed by atoms with Crippen molar-refractivity contribution < 1.29 is 9.53 Å². The highest BCUT2D eigenvalue weighted by Crippen LogP contribution is 2.33. The molecule has 0 heterocycles. The van der Waals surface area contributed by atoms with Crippen LogP contribution in [0.3, 0.4) is 0 Å². The summed E-state index contributed by atoms with van der Waals surface area (Å²) in [7, 11) is 0. The van der Waals surface area contributed by atoms with Gasteiger partial charge in [-0.25, -0.2) is 4.79 Å². The van der Waals surface area contributed by atoms with Gasteiger partial charge >= 0.3 is 6.09 Å². The van der Waals surface area contributed by atoms with E-state index in [0.717, 1.165) is 12.5 Å². The normalized spacial score (nSPS) is 27.3. The molecule has 0 aliphatic heterocycles. The topological polar surface area (TPSA) is 50.4 Å². The molecule has 0 aromatic heterocycles. The molecule has 3 atom stereocenters. The second-order valence-electron chi connectivity index (χ2n) is 8.06. The second kappa shape index (κ2) is 7.67. The summed E-state index contributed by atoms with van der Waals surface area (Å²) in [4.78, 5) is 12.0. The molecule has 4 heteroatoms. The van der Waals surface area contributed by atoms with Crippen molar-refractivity contribution in [2.45, 2.75) is 90.3 Å². The Bertz CT molecular complexity index is 361. The van der Waals surface area contributed by atoms with E-state index in [-0.39, 0.29) is 12.1 Å². The first-order valence-corrected chi connectivity index (χ1v) is 9.12. The molecular formula is C18H34N2O2. The van der Waals surface area contributed by atoms with Crippen molar-refractivity contribution in [1.29, 1.82) is 0 Å². The molecule has 0 bridgehead atoms. The van der Waals surface area contributed by atoms with Gasteiger partial charge in [0.15, 0.2) is 0 Å². The summed E-state index contributed by atoms with van der Waals surface area (Å²) in [6.45, 7) is 8.90. The van der Waals surface area contributed by atoms with E-state index in [2.05, 4.69) is 17.6 Å². The zero-order valence-corrected chi connectivity index (χ0v) is 14.8. The Balaban J connectivity index is 1.80. The first kappa shape index (κ1) is 17.6. The third kappa shape index (κ3) is 5.79. The van der Waals surface area contributed by atoms with Gasteiger partial charge in [0.1, 0.15) is 5.60 Å². The molecule has 1 amide bonds. The molecule has 22 heavy (non-hydrogen) atoms. The molecule has 2 aliphatic carbocycles. The third-order valence-corrected chi connectivity index (χ3v) is 4.93. The molecule has 2 rings (SSSR count). The number of alkyl carbamates (subject to hydrolysis) is 1. The van der Waals surface area contributed by atoms with Crippen LogP contribution >= 0.6 is 0 Å². The van der Waals surface area contributed by atoms with Crippen LogP contribution in [0.2, 0.25) is 0 Å². The third-order valence-electron chi connectivity index (χ3n) is 4.93. The number of ether oxygens (including phenoxy) is 1. The van der Waals surface area contributed by atoms with Crippen LogP contribution in [-0.4, -0.2) is 30.3 Å². The quantitative estimate of drug-likeness (QED) is 0.783.